The lowest BCUT2D eigenvalue weighted by Gasteiger charge is -2.49. The number of aryl methyl sites for hydroxylation is 3. The van der Waals surface area contributed by atoms with Gasteiger partial charge in [-0.05, 0) is 119 Å². The molecule has 1 N–H and O–H groups in total. The van der Waals surface area contributed by atoms with Crippen molar-refractivity contribution >= 4 is 22.6 Å². The van der Waals surface area contributed by atoms with Gasteiger partial charge < -0.3 is 14.8 Å². The molecule has 2 aliphatic rings. The highest BCUT2D eigenvalue weighted by Gasteiger charge is 2.53. The van der Waals surface area contributed by atoms with E-state index in [9.17, 15) is 4.79 Å². The van der Waals surface area contributed by atoms with Crippen molar-refractivity contribution in [1.82, 2.24) is 5.32 Å². The molecule has 39 heavy (non-hydrogen) atoms. The molecule has 2 heterocycles. The summed E-state index contributed by atoms with van der Waals surface area (Å²) in [4.78, 5) is 19.1. The van der Waals surface area contributed by atoms with Crippen LogP contribution in [-0.4, -0.2) is 54.3 Å². The molecule has 2 saturated heterocycles. The molecule has 2 aromatic carbocycles. The van der Waals surface area contributed by atoms with Gasteiger partial charge >= 0.3 is 0 Å². The molecule has 0 aromatic heterocycles. The van der Waals surface area contributed by atoms with Gasteiger partial charge in [0.05, 0.1) is 6.10 Å². The minimum Gasteiger partial charge on any atom is -0.491 e. The zero-order valence-electron chi connectivity index (χ0n) is 27.3. The monoisotopic (exact) mass is 561 g/mol. The standard InChI is InChI=1S/C10H14O.C9H10O.C7H15NS.C4H10.C2H4O.C2H6/c1-8(2)11-10-6-4-5-9(3)7-10;1-7-3-4-9(6-10)5-8(7)2;1-7(8-2)5-9(6-7)3-4-9;1-4(2)3;1-2-3;1-2/h4-8H,1-3H3;3-6H,1-2H3;8H,3-6H2,1-2H3;4H,1-3H3;2H,1H3;1-2H3. The van der Waals surface area contributed by atoms with E-state index in [1.54, 1.807) is 11.5 Å². The van der Waals surface area contributed by atoms with Crippen molar-refractivity contribution in [2.75, 3.05) is 30.1 Å². The SMILES string of the molecule is CC.CC(C)C.CC=O.CNC1(C)CS2(CC2)C1.Cc1ccc(C=O)cc1C.Cc1cccc(OC(C)C)c1. The van der Waals surface area contributed by atoms with Crippen molar-refractivity contribution in [3.8, 4) is 5.75 Å². The molecule has 4 nitrogen and oxygen atoms in total. The van der Waals surface area contributed by atoms with Gasteiger partial charge in [0.15, 0.2) is 0 Å². The lowest BCUT2D eigenvalue weighted by molar-refractivity contribution is -0.106. The van der Waals surface area contributed by atoms with Gasteiger partial charge in [0, 0.05) is 11.1 Å². The molecule has 4 rings (SSSR count). The molecule has 0 radical (unpaired) electrons. The van der Waals surface area contributed by atoms with Crippen molar-refractivity contribution in [3.05, 3.63) is 64.7 Å². The van der Waals surface area contributed by atoms with E-state index in [1.807, 2.05) is 77.9 Å². The highest BCUT2D eigenvalue weighted by molar-refractivity contribution is 8.40. The van der Waals surface area contributed by atoms with Gasteiger partial charge in [0.2, 0.25) is 0 Å². The first-order valence-corrected chi connectivity index (χ1v) is 16.6. The number of nitrogens with one attached hydrogen (secondary N) is 1. The molecule has 0 amide bonds. The Morgan fingerprint density at radius 3 is 1.77 bits per heavy atom. The Labute approximate surface area is 243 Å². The molecule has 0 unspecified atom stereocenters. The summed E-state index contributed by atoms with van der Waals surface area (Å²) in [5, 5.41) is 3.39. The third-order valence-electron chi connectivity index (χ3n) is 5.66. The normalized spacial score (nSPS) is 15.4. The number of carbonyl (C=O) groups is 2. The van der Waals surface area contributed by atoms with Crippen LogP contribution in [0.15, 0.2) is 42.5 Å². The van der Waals surface area contributed by atoms with Crippen molar-refractivity contribution in [1.29, 1.82) is 0 Å². The second-order valence-electron chi connectivity index (χ2n) is 11.1. The smallest absolute Gasteiger partial charge is 0.150 e. The Morgan fingerprint density at radius 2 is 1.41 bits per heavy atom. The summed E-state index contributed by atoms with van der Waals surface area (Å²) in [7, 11) is 2.18. The number of rotatable bonds is 4. The highest BCUT2D eigenvalue weighted by atomic mass is 32.3. The van der Waals surface area contributed by atoms with Gasteiger partial charge in [-0.1, -0.05) is 58.9 Å². The molecule has 0 aliphatic carbocycles. The molecule has 0 bridgehead atoms. The minimum atomic E-state index is 0.0863. The predicted octanol–water partition coefficient (Wildman–Crippen LogP) is 8.59. The van der Waals surface area contributed by atoms with Crippen LogP contribution in [0.2, 0.25) is 0 Å². The summed E-state index contributed by atoms with van der Waals surface area (Å²) >= 11 is 0. The Hall–Kier alpha value is -2.11. The number of hydrogen-bond acceptors (Lipinski definition) is 4. The fourth-order valence-corrected chi connectivity index (χ4v) is 8.09. The van der Waals surface area contributed by atoms with Crippen molar-refractivity contribution < 1.29 is 14.3 Å². The maximum atomic E-state index is 10.3. The average Bonchev–Trinajstić information content (AvgIpc) is 3.62. The quantitative estimate of drug-likeness (QED) is 0.300. The van der Waals surface area contributed by atoms with Gasteiger partial charge in [-0.3, -0.25) is 4.79 Å². The van der Waals surface area contributed by atoms with Gasteiger partial charge in [-0.15, -0.1) is 0 Å². The summed E-state index contributed by atoms with van der Waals surface area (Å²) in [5.41, 5.74) is 4.94. The van der Waals surface area contributed by atoms with Crippen LogP contribution in [0.25, 0.3) is 0 Å². The van der Waals surface area contributed by atoms with Gasteiger partial charge in [0.1, 0.15) is 18.3 Å². The summed E-state index contributed by atoms with van der Waals surface area (Å²) in [6.07, 6.45) is 1.88. The van der Waals surface area contributed by atoms with Crippen LogP contribution in [0.5, 0.6) is 5.75 Å². The number of aldehydes is 2. The van der Waals surface area contributed by atoms with Crippen LogP contribution in [0, 0.1) is 26.7 Å². The van der Waals surface area contributed by atoms with Crippen LogP contribution in [-0.2, 0) is 4.79 Å². The molecular formula is C34H59NO3S. The molecule has 224 valence electrons. The van der Waals surface area contributed by atoms with E-state index in [0.29, 0.717) is 5.54 Å². The van der Waals surface area contributed by atoms with Crippen LogP contribution in [0.1, 0.15) is 89.4 Å². The van der Waals surface area contributed by atoms with Crippen LogP contribution >= 0.6 is 10.0 Å². The molecule has 0 saturated carbocycles. The maximum absolute atomic E-state index is 10.3. The first kappa shape index (κ1) is 39.0. The second-order valence-corrected chi connectivity index (χ2v) is 15.0. The Morgan fingerprint density at radius 1 is 0.897 bits per heavy atom. The molecule has 2 aromatic rings. The van der Waals surface area contributed by atoms with Gasteiger partial charge in [0.25, 0.3) is 0 Å². The van der Waals surface area contributed by atoms with Gasteiger partial charge in [-0.25, -0.2) is 10.0 Å². The lowest BCUT2D eigenvalue weighted by Crippen LogP contribution is -2.55. The molecule has 1 spiro atoms. The topological polar surface area (TPSA) is 55.4 Å². The van der Waals surface area contributed by atoms with E-state index < -0.39 is 0 Å². The third-order valence-corrected chi connectivity index (χ3v) is 9.72. The van der Waals surface area contributed by atoms with E-state index in [0.717, 1.165) is 29.8 Å². The van der Waals surface area contributed by atoms with E-state index >= 15 is 0 Å². The summed E-state index contributed by atoms with van der Waals surface area (Å²) in [6, 6.07) is 13.8. The summed E-state index contributed by atoms with van der Waals surface area (Å²) in [5.74, 6) is 7.99. The average molecular weight is 562 g/mol. The van der Waals surface area contributed by atoms with Gasteiger partial charge in [-0.2, -0.15) is 0 Å². The minimum absolute atomic E-state index is 0.0863. The predicted molar refractivity (Wildman–Crippen MR) is 176 cm³/mol. The van der Waals surface area contributed by atoms with Crippen molar-refractivity contribution in [2.24, 2.45) is 5.92 Å². The summed E-state index contributed by atoms with van der Waals surface area (Å²) in [6.45, 7) is 24.5. The zero-order valence-corrected chi connectivity index (χ0v) is 28.1. The van der Waals surface area contributed by atoms with Crippen LogP contribution in [0.3, 0.4) is 0 Å². The second kappa shape index (κ2) is 20.7. The first-order chi connectivity index (χ1) is 18.2. The number of hydrogen-bond donors (Lipinski definition) is 1. The molecule has 2 fully saturated rings. The lowest BCUT2D eigenvalue weighted by atomic mass is 10.1. The van der Waals surface area contributed by atoms with Crippen LogP contribution < -0.4 is 10.1 Å². The molecular weight excluding hydrogens is 502 g/mol. The number of ether oxygens (including phenoxy) is 1. The Balaban J connectivity index is 0. The van der Waals surface area contributed by atoms with E-state index in [2.05, 4.69) is 53.0 Å². The van der Waals surface area contributed by atoms with E-state index in [1.165, 1.54) is 35.1 Å². The fourth-order valence-electron chi connectivity index (χ4n) is 3.66. The van der Waals surface area contributed by atoms with E-state index in [-0.39, 0.29) is 16.1 Å². The Kier molecular flexibility index (Phi) is 20.8. The molecule has 2 aliphatic heterocycles. The number of carbonyl (C=O) groups excluding carboxylic acids is 2. The van der Waals surface area contributed by atoms with E-state index in [4.69, 9.17) is 9.53 Å². The summed E-state index contributed by atoms with van der Waals surface area (Å²) < 4.78 is 5.50. The number of benzene rings is 2. The largest absolute Gasteiger partial charge is 0.491 e. The molecule has 0 atom stereocenters. The van der Waals surface area contributed by atoms with Crippen molar-refractivity contribution in [3.63, 3.8) is 0 Å². The third kappa shape index (κ3) is 18.7. The fraction of sp³-hybridized carbons (Fsp3) is 0.588. The van der Waals surface area contributed by atoms with Crippen LogP contribution in [0.4, 0.5) is 0 Å². The van der Waals surface area contributed by atoms with Crippen molar-refractivity contribution in [2.45, 2.75) is 94.7 Å². The maximum Gasteiger partial charge on any atom is 0.150 e. The zero-order chi connectivity index (χ0) is 30.6. The molecule has 5 heteroatoms. The highest BCUT2D eigenvalue weighted by Crippen LogP contribution is 2.71. The Bertz CT molecular complexity index is 925. The first-order valence-electron chi connectivity index (χ1n) is 14.3.